The van der Waals surface area contributed by atoms with Gasteiger partial charge in [0.1, 0.15) is 5.69 Å². The van der Waals surface area contributed by atoms with Gasteiger partial charge in [0.25, 0.3) is 11.8 Å². The topological polar surface area (TPSA) is 130 Å². The second-order valence-electron chi connectivity index (χ2n) is 8.00. The number of hydrogen-bond acceptors (Lipinski definition) is 6. The molecule has 3 rings (SSSR count). The lowest BCUT2D eigenvalue weighted by Crippen LogP contribution is -2.51. The van der Waals surface area contributed by atoms with Crippen LogP contribution in [0.2, 0.25) is 0 Å². The lowest BCUT2D eigenvalue weighted by atomic mass is 10.00. The molecule has 0 saturated carbocycles. The third kappa shape index (κ3) is 6.70. The number of aromatic amines is 1. The highest BCUT2D eigenvalue weighted by Crippen LogP contribution is 2.27. The van der Waals surface area contributed by atoms with Gasteiger partial charge in [-0.2, -0.15) is 0 Å². The number of ether oxygens (including phenoxy) is 2. The predicted molar refractivity (Wildman–Crippen MR) is 131 cm³/mol. The first kappa shape index (κ1) is 25.5. The first-order chi connectivity index (χ1) is 16.8. The first-order valence-electron chi connectivity index (χ1n) is 11.0. The molecule has 0 aliphatic heterocycles. The molecule has 4 N–H and O–H groups in total. The summed E-state index contributed by atoms with van der Waals surface area (Å²) in [4.78, 5) is 40.0. The Morgan fingerprint density at radius 1 is 0.971 bits per heavy atom. The van der Waals surface area contributed by atoms with E-state index in [4.69, 9.17) is 9.47 Å². The lowest BCUT2D eigenvalue weighted by Gasteiger charge is -2.24. The van der Waals surface area contributed by atoms with Gasteiger partial charge in [0, 0.05) is 12.6 Å². The van der Waals surface area contributed by atoms with Crippen LogP contribution in [-0.2, 0) is 17.8 Å². The standard InChI is InChI=1S/C26H29N3O6/c1-16-9-12-22(30)29-23(16)25(32)28-19(13-17-7-5-4-6-8-17)24(31)26(33)27-15-18-10-11-20(34-2)21(14-18)35-3/h4-12,14,19,24,31H,13,15H2,1-3H3,(H,27,33)(H,28,32)(H,29,30)/t19-,24?/m0/s1. The van der Waals surface area contributed by atoms with Gasteiger partial charge in [0.05, 0.1) is 20.3 Å². The van der Waals surface area contributed by atoms with E-state index in [0.29, 0.717) is 17.1 Å². The molecule has 0 fully saturated rings. The molecule has 1 heterocycles. The quantitative estimate of drug-likeness (QED) is 0.350. The van der Waals surface area contributed by atoms with E-state index in [1.165, 1.54) is 26.4 Å². The molecule has 0 spiro atoms. The number of aliphatic hydroxyl groups is 1. The van der Waals surface area contributed by atoms with E-state index in [1.54, 1.807) is 25.1 Å². The molecule has 2 aromatic carbocycles. The Morgan fingerprint density at radius 3 is 2.37 bits per heavy atom. The molecule has 0 radical (unpaired) electrons. The SMILES string of the molecule is COc1ccc(CNC(=O)C(O)[C@H](Cc2ccccc2)NC(=O)c2[nH]c(=O)ccc2C)cc1OC. The molecule has 1 unspecified atom stereocenters. The molecular formula is C26H29N3O6. The molecule has 9 nitrogen and oxygen atoms in total. The zero-order chi connectivity index (χ0) is 25.4. The van der Waals surface area contributed by atoms with Gasteiger partial charge in [-0.1, -0.05) is 42.5 Å². The normalized spacial score (nSPS) is 12.3. The number of benzene rings is 2. The molecule has 2 amide bonds. The molecule has 2 atom stereocenters. The van der Waals surface area contributed by atoms with Crippen molar-refractivity contribution in [3.8, 4) is 11.5 Å². The van der Waals surface area contributed by atoms with Crippen LogP contribution in [0.3, 0.4) is 0 Å². The zero-order valence-corrected chi connectivity index (χ0v) is 19.8. The van der Waals surface area contributed by atoms with E-state index in [1.807, 2.05) is 30.3 Å². The maximum Gasteiger partial charge on any atom is 0.268 e. The monoisotopic (exact) mass is 479 g/mol. The second-order valence-corrected chi connectivity index (χ2v) is 8.00. The fourth-order valence-electron chi connectivity index (χ4n) is 3.60. The van der Waals surface area contributed by atoms with Crippen LogP contribution in [0.4, 0.5) is 0 Å². The van der Waals surface area contributed by atoms with Crippen LogP contribution in [0, 0.1) is 6.92 Å². The van der Waals surface area contributed by atoms with Crippen molar-refractivity contribution in [2.75, 3.05) is 14.2 Å². The fourth-order valence-corrected chi connectivity index (χ4v) is 3.60. The number of H-pyrrole nitrogens is 1. The Kier molecular flexibility index (Phi) is 8.63. The minimum atomic E-state index is -1.55. The second kappa shape index (κ2) is 11.8. The number of aliphatic hydroxyl groups excluding tert-OH is 1. The van der Waals surface area contributed by atoms with Gasteiger partial charge in [0.15, 0.2) is 17.6 Å². The fraction of sp³-hybridized carbons (Fsp3) is 0.269. The number of aryl methyl sites for hydroxylation is 1. The minimum Gasteiger partial charge on any atom is -0.493 e. The number of carbonyl (C=O) groups excluding carboxylic acids is 2. The maximum absolute atomic E-state index is 12.9. The van der Waals surface area contributed by atoms with Crippen molar-refractivity contribution in [1.29, 1.82) is 0 Å². The number of methoxy groups -OCH3 is 2. The lowest BCUT2D eigenvalue weighted by molar-refractivity contribution is -0.130. The van der Waals surface area contributed by atoms with Crippen molar-refractivity contribution in [3.05, 3.63) is 93.4 Å². The van der Waals surface area contributed by atoms with E-state index in [-0.39, 0.29) is 18.7 Å². The molecule has 0 aliphatic carbocycles. The number of nitrogens with one attached hydrogen (secondary N) is 3. The number of pyridine rings is 1. The number of rotatable bonds is 10. The van der Waals surface area contributed by atoms with Crippen molar-refractivity contribution in [2.24, 2.45) is 0 Å². The zero-order valence-electron chi connectivity index (χ0n) is 19.8. The summed E-state index contributed by atoms with van der Waals surface area (Å²) in [7, 11) is 3.05. The molecule has 184 valence electrons. The summed E-state index contributed by atoms with van der Waals surface area (Å²) in [6, 6.07) is 16.3. The summed E-state index contributed by atoms with van der Waals surface area (Å²) in [5.41, 5.74) is 1.78. The first-order valence-corrected chi connectivity index (χ1v) is 11.0. The highest BCUT2D eigenvalue weighted by molar-refractivity contribution is 5.94. The van der Waals surface area contributed by atoms with Gasteiger partial charge in [-0.15, -0.1) is 0 Å². The summed E-state index contributed by atoms with van der Waals surface area (Å²) < 4.78 is 10.5. The van der Waals surface area contributed by atoms with Gasteiger partial charge in [0.2, 0.25) is 5.56 Å². The Bertz CT molecular complexity index is 1230. The van der Waals surface area contributed by atoms with E-state index in [9.17, 15) is 19.5 Å². The van der Waals surface area contributed by atoms with Gasteiger partial charge in [-0.05, 0) is 42.2 Å². The van der Waals surface area contributed by atoms with Crippen LogP contribution in [0.25, 0.3) is 0 Å². The molecular weight excluding hydrogens is 450 g/mol. The van der Waals surface area contributed by atoms with Gasteiger partial charge in [-0.3, -0.25) is 14.4 Å². The van der Waals surface area contributed by atoms with E-state index in [0.717, 1.165) is 11.1 Å². The summed E-state index contributed by atoms with van der Waals surface area (Å²) in [5, 5.41) is 16.3. The highest BCUT2D eigenvalue weighted by atomic mass is 16.5. The number of hydrogen-bond donors (Lipinski definition) is 4. The third-order valence-electron chi connectivity index (χ3n) is 5.53. The molecule has 0 aliphatic rings. The van der Waals surface area contributed by atoms with Crippen LogP contribution >= 0.6 is 0 Å². The van der Waals surface area contributed by atoms with E-state index in [2.05, 4.69) is 15.6 Å². The predicted octanol–water partition coefficient (Wildman–Crippen LogP) is 1.72. The Morgan fingerprint density at radius 2 is 1.69 bits per heavy atom. The van der Waals surface area contributed by atoms with Crippen LogP contribution in [0.5, 0.6) is 11.5 Å². The number of carbonyl (C=O) groups is 2. The average molecular weight is 480 g/mol. The Labute approximate surface area is 203 Å². The summed E-state index contributed by atoms with van der Waals surface area (Å²) >= 11 is 0. The summed E-state index contributed by atoms with van der Waals surface area (Å²) in [5.74, 6) is -0.170. The molecule has 0 bridgehead atoms. The van der Waals surface area contributed by atoms with E-state index < -0.39 is 29.5 Å². The molecule has 9 heteroatoms. The molecule has 0 saturated heterocycles. The molecule has 3 aromatic rings. The average Bonchev–Trinajstić information content (AvgIpc) is 2.88. The van der Waals surface area contributed by atoms with Gasteiger partial charge >= 0.3 is 0 Å². The van der Waals surface area contributed by atoms with Gasteiger partial charge in [-0.25, -0.2) is 0 Å². The van der Waals surface area contributed by atoms with Crippen LogP contribution in [-0.4, -0.2) is 48.3 Å². The van der Waals surface area contributed by atoms with Gasteiger partial charge < -0.3 is 30.2 Å². The van der Waals surface area contributed by atoms with Crippen LogP contribution in [0.15, 0.2) is 65.5 Å². The van der Waals surface area contributed by atoms with Crippen LogP contribution < -0.4 is 25.7 Å². The van der Waals surface area contributed by atoms with Crippen molar-refractivity contribution < 1.29 is 24.2 Å². The van der Waals surface area contributed by atoms with Crippen molar-refractivity contribution in [3.63, 3.8) is 0 Å². The highest BCUT2D eigenvalue weighted by Gasteiger charge is 2.29. The Hall–Kier alpha value is -4.11. The molecule has 35 heavy (non-hydrogen) atoms. The minimum absolute atomic E-state index is 0.0773. The molecule has 1 aromatic heterocycles. The van der Waals surface area contributed by atoms with Crippen molar-refractivity contribution in [2.45, 2.75) is 32.0 Å². The number of amides is 2. The number of aromatic nitrogens is 1. The Balaban J connectivity index is 1.75. The smallest absolute Gasteiger partial charge is 0.268 e. The maximum atomic E-state index is 12.9. The summed E-state index contributed by atoms with van der Waals surface area (Å²) in [6.45, 7) is 1.82. The van der Waals surface area contributed by atoms with E-state index >= 15 is 0 Å². The van der Waals surface area contributed by atoms with Crippen molar-refractivity contribution >= 4 is 11.8 Å². The summed E-state index contributed by atoms with van der Waals surface area (Å²) in [6.07, 6.45) is -1.34. The van der Waals surface area contributed by atoms with Crippen LogP contribution in [0.1, 0.15) is 27.2 Å². The third-order valence-corrected chi connectivity index (χ3v) is 5.53. The van der Waals surface area contributed by atoms with Crippen molar-refractivity contribution in [1.82, 2.24) is 15.6 Å². The largest absolute Gasteiger partial charge is 0.493 e.